The van der Waals surface area contributed by atoms with E-state index in [1.54, 1.807) is 43.5 Å². The van der Waals surface area contributed by atoms with E-state index in [-0.39, 0.29) is 10.6 Å². The van der Waals surface area contributed by atoms with Crippen molar-refractivity contribution in [2.75, 3.05) is 19.5 Å². The highest BCUT2D eigenvalue weighted by molar-refractivity contribution is 7.90. The van der Waals surface area contributed by atoms with Gasteiger partial charge in [0.05, 0.1) is 23.9 Å². The van der Waals surface area contributed by atoms with Crippen LogP contribution in [0.15, 0.2) is 41.3 Å². The molecule has 1 heterocycles. The maximum Gasteiger partial charge on any atom is 0.491 e. The number of hydrogen-bond acceptors (Lipinski definition) is 6. The number of nitrogen functional groups attached to an aromatic ring is 1. The third-order valence-corrected chi connectivity index (χ3v) is 6.01. The van der Waals surface area contributed by atoms with Gasteiger partial charge in [-0.15, -0.1) is 0 Å². The molecule has 1 aliphatic rings. The van der Waals surface area contributed by atoms with Gasteiger partial charge in [-0.2, -0.15) is 0 Å². The van der Waals surface area contributed by atoms with Crippen molar-refractivity contribution in [3.05, 3.63) is 53.1 Å². The van der Waals surface area contributed by atoms with E-state index in [9.17, 15) is 13.4 Å². The Labute approximate surface area is 147 Å². The molecule has 2 aromatic carbocycles. The summed E-state index contributed by atoms with van der Waals surface area (Å²) in [7, 11) is -2.99. The molecule has 0 saturated heterocycles. The van der Waals surface area contributed by atoms with Gasteiger partial charge >= 0.3 is 7.12 Å². The number of nitrogens with two attached hydrogens (primary N) is 1. The number of ether oxygens (including phenoxy) is 1. The minimum absolute atomic E-state index is 0.156. The fourth-order valence-corrected chi connectivity index (χ4v) is 4.57. The summed E-state index contributed by atoms with van der Waals surface area (Å²) >= 11 is 0. The van der Waals surface area contributed by atoms with Crippen LogP contribution >= 0.6 is 0 Å². The summed E-state index contributed by atoms with van der Waals surface area (Å²) in [6.07, 6.45) is 0.465. The largest absolute Gasteiger partial charge is 0.491 e. The summed E-state index contributed by atoms with van der Waals surface area (Å²) in [4.78, 5) is 0.260. The average molecular weight is 361 g/mol. The highest BCUT2D eigenvalue weighted by atomic mass is 32.2. The minimum atomic E-state index is -3.56. The van der Waals surface area contributed by atoms with E-state index >= 15 is 0 Å². The second-order valence-electron chi connectivity index (χ2n) is 6.07. The van der Waals surface area contributed by atoms with Crippen molar-refractivity contribution in [2.24, 2.45) is 0 Å². The second kappa shape index (κ2) is 7.17. The predicted molar refractivity (Wildman–Crippen MR) is 96.2 cm³/mol. The Kier molecular flexibility index (Phi) is 5.15. The van der Waals surface area contributed by atoms with E-state index in [0.717, 1.165) is 5.56 Å². The van der Waals surface area contributed by atoms with E-state index < -0.39 is 17.0 Å². The first-order valence-corrected chi connectivity index (χ1v) is 9.57. The van der Waals surface area contributed by atoms with Crippen molar-refractivity contribution < 1.29 is 22.8 Å². The summed E-state index contributed by atoms with van der Waals surface area (Å²) in [5.41, 5.74) is 9.07. The van der Waals surface area contributed by atoms with E-state index in [1.807, 2.05) is 0 Å². The lowest BCUT2D eigenvalue weighted by Gasteiger charge is -2.12. The quantitative estimate of drug-likeness (QED) is 0.579. The molecule has 0 unspecified atom stereocenters. The number of anilines is 1. The molecule has 8 heteroatoms. The molecule has 3 N–H and O–H groups in total. The number of benzene rings is 2. The Morgan fingerprint density at radius 3 is 2.84 bits per heavy atom. The molecule has 0 bridgehead atoms. The van der Waals surface area contributed by atoms with Crippen molar-refractivity contribution in [3.8, 4) is 0 Å². The zero-order valence-corrected chi connectivity index (χ0v) is 14.8. The molecule has 0 aliphatic carbocycles. The average Bonchev–Trinajstić information content (AvgIpc) is 2.93. The van der Waals surface area contributed by atoms with Gasteiger partial charge in [-0.25, -0.2) is 8.42 Å². The monoisotopic (exact) mass is 361 g/mol. The van der Waals surface area contributed by atoms with Gasteiger partial charge in [0.1, 0.15) is 0 Å². The lowest BCUT2D eigenvalue weighted by atomic mass is 9.79. The molecule has 0 saturated carbocycles. The van der Waals surface area contributed by atoms with Crippen molar-refractivity contribution in [1.29, 1.82) is 0 Å². The van der Waals surface area contributed by atoms with Crippen LogP contribution in [0, 0.1) is 0 Å². The number of fused-ring (bicyclic) bond motifs is 1. The zero-order valence-electron chi connectivity index (χ0n) is 13.9. The Morgan fingerprint density at radius 2 is 2.08 bits per heavy atom. The van der Waals surface area contributed by atoms with Gasteiger partial charge in [0.15, 0.2) is 9.84 Å². The first-order valence-electron chi connectivity index (χ1n) is 7.92. The van der Waals surface area contributed by atoms with E-state index in [2.05, 4.69) is 0 Å². The van der Waals surface area contributed by atoms with Gasteiger partial charge in [0, 0.05) is 12.8 Å². The highest BCUT2D eigenvalue weighted by Gasteiger charge is 2.28. The van der Waals surface area contributed by atoms with E-state index in [4.69, 9.17) is 15.1 Å². The van der Waals surface area contributed by atoms with Crippen LogP contribution in [0.2, 0.25) is 0 Å². The maximum absolute atomic E-state index is 12.9. The van der Waals surface area contributed by atoms with Crippen LogP contribution in [0.1, 0.15) is 16.7 Å². The second-order valence-corrected chi connectivity index (χ2v) is 8.02. The fourth-order valence-electron chi connectivity index (χ4n) is 2.96. The highest BCUT2D eigenvalue weighted by Crippen LogP contribution is 2.24. The lowest BCUT2D eigenvalue weighted by molar-refractivity contribution is 0.202. The van der Waals surface area contributed by atoms with Crippen LogP contribution < -0.4 is 11.2 Å². The Morgan fingerprint density at radius 1 is 1.28 bits per heavy atom. The molecule has 3 rings (SSSR count). The van der Waals surface area contributed by atoms with Gasteiger partial charge in [0.25, 0.3) is 0 Å². The van der Waals surface area contributed by atoms with Crippen molar-refractivity contribution in [2.45, 2.75) is 23.7 Å². The van der Waals surface area contributed by atoms with Crippen molar-refractivity contribution in [3.63, 3.8) is 0 Å². The van der Waals surface area contributed by atoms with Crippen LogP contribution in [0.3, 0.4) is 0 Å². The first-order chi connectivity index (χ1) is 11.9. The Hall–Kier alpha value is -1.87. The standard InChI is InChI=1S/C17H20BNO5S/c1-23-7-6-13-9-15(19)4-5-17(13)25(21,22)11-12-2-3-14-10-24-18(20)16(14)8-12/h2-5,8-9,20H,6-7,10-11,19H2,1H3. The predicted octanol–water partition coefficient (Wildman–Crippen LogP) is 0.649. The van der Waals surface area contributed by atoms with Crippen LogP contribution in [-0.2, 0) is 38.0 Å². The summed E-state index contributed by atoms with van der Waals surface area (Å²) in [5.74, 6) is -0.156. The minimum Gasteiger partial charge on any atom is -0.423 e. The number of rotatable bonds is 6. The van der Waals surface area contributed by atoms with Gasteiger partial charge < -0.3 is 20.1 Å². The van der Waals surface area contributed by atoms with Gasteiger partial charge in [0.2, 0.25) is 0 Å². The molecule has 0 atom stereocenters. The molecular weight excluding hydrogens is 341 g/mol. The van der Waals surface area contributed by atoms with Crippen LogP contribution in [0.25, 0.3) is 0 Å². The SMILES string of the molecule is COCCc1cc(N)ccc1S(=O)(=O)Cc1ccc2c(c1)B(O)OC2. The van der Waals surface area contributed by atoms with Crippen molar-refractivity contribution >= 4 is 28.1 Å². The molecule has 1 aliphatic heterocycles. The summed E-state index contributed by atoms with van der Waals surface area (Å²) in [5, 5.41) is 9.79. The Balaban J connectivity index is 1.91. The molecule has 0 fully saturated rings. The third-order valence-electron chi connectivity index (χ3n) is 4.22. The molecule has 132 valence electrons. The molecule has 0 aromatic heterocycles. The topological polar surface area (TPSA) is 98.9 Å². The van der Waals surface area contributed by atoms with Gasteiger partial charge in [-0.1, -0.05) is 18.2 Å². The number of methoxy groups -OCH3 is 1. The summed E-state index contributed by atoms with van der Waals surface area (Å²) in [6, 6.07) is 10.0. The van der Waals surface area contributed by atoms with Crippen LogP contribution in [0.4, 0.5) is 5.69 Å². The smallest absolute Gasteiger partial charge is 0.423 e. The Bertz CT molecular complexity index is 885. The molecule has 6 nitrogen and oxygen atoms in total. The van der Waals surface area contributed by atoms with Crippen LogP contribution in [0.5, 0.6) is 0 Å². The summed E-state index contributed by atoms with van der Waals surface area (Å²) in [6.45, 7) is 0.747. The van der Waals surface area contributed by atoms with Crippen molar-refractivity contribution in [1.82, 2.24) is 0 Å². The number of hydrogen-bond donors (Lipinski definition) is 2. The summed E-state index contributed by atoms with van der Waals surface area (Å²) < 4.78 is 36.0. The van der Waals surface area contributed by atoms with E-state index in [0.29, 0.717) is 41.9 Å². The van der Waals surface area contributed by atoms with Crippen LogP contribution in [-0.4, -0.2) is 34.3 Å². The zero-order chi connectivity index (χ0) is 18.0. The van der Waals surface area contributed by atoms with E-state index in [1.165, 1.54) is 0 Å². The first kappa shape index (κ1) is 17.9. The molecule has 2 aromatic rings. The molecule has 25 heavy (non-hydrogen) atoms. The van der Waals surface area contributed by atoms with Gasteiger partial charge in [-0.05, 0) is 46.8 Å². The molecular formula is C17H20BNO5S. The molecule has 0 amide bonds. The van der Waals surface area contributed by atoms with Gasteiger partial charge in [-0.3, -0.25) is 0 Å². The molecule has 0 radical (unpaired) electrons. The number of sulfone groups is 1. The third kappa shape index (κ3) is 3.87. The normalized spacial score (nSPS) is 13.9. The molecule has 0 spiro atoms. The fraction of sp³-hybridized carbons (Fsp3) is 0.294. The maximum atomic E-state index is 12.9. The lowest BCUT2D eigenvalue weighted by Crippen LogP contribution is -2.28.